The molecule has 0 fully saturated rings. The fraction of sp³-hybridized carbons (Fsp3) is 0.500. The fourth-order valence-corrected chi connectivity index (χ4v) is 2.17. The summed E-state index contributed by atoms with van der Waals surface area (Å²) in [5.74, 6) is 0.779. The Balaban J connectivity index is 2.78. The lowest BCUT2D eigenvalue weighted by atomic mass is 10.3. The average Bonchev–Trinajstić information content (AvgIpc) is 2.63. The summed E-state index contributed by atoms with van der Waals surface area (Å²) in [5, 5.41) is 8.95. The van der Waals surface area contributed by atoms with Gasteiger partial charge in [-0.1, -0.05) is 13.8 Å². The molecule has 1 atom stereocenters. The normalized spacial score (nSPS) is 12.7. The largest absolute Gasteiger partial charge is 0.475 e. The lowest BCUT2D eigenvalue weighted by Crippen LogP contribution is -1.93. The third-order valence-electron chi connectivity index (χ3n) is 1.89. The van der Waals surface area contributed by atoms with Gasteiger partial charge in [-0.3, -0.25) is 0 Å². The quantitative estimate of drug-likeness (QED) is 0.817. The molecule has 3 nitrogen and oxygen atoms in total. The Morgan fingerprint density at radius 1 is 1.57 bits per heavy atom. The van der Waals surface area contributed by atoms with Gasteiger partial charge in [-0.15, -0.1) is 0 Å². The number of hydrogen-bond donors (Lipinski definition) is 1. The first-order chi connectivity index (χ1) is 6.69. The van der Waals surface area contributed by atoms with Gasteiger partial charge < -0.3 is 9.52 Å². The fourth-order valence-electron chi connectivity index (χ4n) is 1.24. The maximum atomic E-state index is 10.6. The van der Waals surface area contributed by atoms with Gasteiger partial charge in [0.15, 0.2) is 0 Å². The minimum atomic E-state index is -1.01. The molecule has 0 aliphatic heterocycles. The topological polar surface area (TPSA) is 50.4 Å². The van der Waals surface area contributed by atoms with Gasteiger partial charge in [0.25, 0.3) is 0 Å². The van der Waals surface area contributed by atoms with Crippen molar-refractivity contribution in [1.29, 1.82) is 0 Å². The van der Waals surface area contributed by atoms with Gasteiger partial charge in [0.2, 0.25) is 5.76 Å². The van der Waals surface area contributed by atoms with Crippen molar-refractivity contribution in [2.24, 2.45) is 0 Å². The summed E-state index contributed by atoms with van der Waals surface area (Å²) in [7, 11) is 0. The predicted octanol–water partition coefficient (Wildman–Crippen LogP) is 3.18. The SMILES string of the molecule is CCS[C@@H](CC)c1ccc(C(=O)O)o1. The maximum absolute atomic E-state index is 10.6. The lowest BCUT2D eigenvalue weighted by Gasteiger charge is -2.09. The second-order valence-electron chi connectivity index (χ2n) is 2.86. The van der Waals surface area contributed by atoms with E-state index in [-0.39, 0.29) is 11.0 Å². The Hall–Kier alpha value is -0.900. The second kappa shape index (κ2) is 5.10. The van der Waals surface area contributed by atoms with Crippen LogP contribution < -0.4 is 0 Å². The number of hydrogen-bond acceptors (Lipinski definition) is 3. The molecule has 4 heteroatoms. The second-order valence-corrected chi connectivity index (χ2v) is 4.34. The van der Waals surface area contributed by atoms with Crippen LogP contribution in [-0.4, -0.2) is 16.8 Å². The number of aromatic carboxylic acids is 1. The third-order valence-corrected chi connectivity index (χ3v) is 3.19. The van der Waals surface area contributed by atoms with Crippen LogP contribution in [0, 0.1) is 0 Å². The number of carboxylic acids is 1. The van der Waals surface area contributed by atoms with Crippen LogP contribution in [0.4, 0.5) is 0 Å². The van der Waals surface area contributed by atoms with E-state index in [0.717, 1.165) is 17.9 Å². The molecule has 1 N–H and O–H groups in total. The molecule has 78 valence electrons. The number of thioether (sulfide) groups is 1. The van der Waals surface area contributed by atoms with Crippen LogP contribution in [0.25, 0.3) is 0 Å². The smallest absolute Gasteiger partial charge is 0.371 e. The van der Waals surface area contributed by atoms with Crippen molar-refractivity contribution in [3.05, 3.63) is 23.7 Å². The molecule has 14 heavy (non-hydrogen) atoms. The van der Waals surface area contributed by atoms with E-state index in [1.54, 1.807) is 17.8 Å². The Morgan fingerprint density at radius 2 is 2.29 bits per heavy atom. The highest BCUT2D eigenvalue weighted by molar-refractivity contribution is 7.99. The minimum absolute atomic E-state index is 0.0233. The molecule has 0 aliphatic rings. The van der Waals surface area contributed by atoms with E-state index < -0.39 is 5.97 Å². The summed E-state index contributed by atoms with van der Waals surface area (Å²) in [4.78, 5) is 10.6. The Labute approximate surface area is 87.5 Å². The zero-order chi connectivity index (χ0) is 10.6. The molecule has 0 bridgehead atoms. The monoisotopic (exact) mass is 214 g/mol. The zero-order valence-corrected chi connectivity index (χ0v) is 9.13. The summed E-state index contributed by atoms with van der Waals surface area (Å²) in [5.41, 5.74) is 0. The summed E-state index contributed by atoms with van der Waals surface area (Å²) >= 11 is 1.77. The van der Waals surface area contributed by atoms with E-state index in [1.165, 1.54) is 6.07 Å². The van der Waals surface area contributed by atoms with E-state index in [0.29, 0.717) is 0 Å². The summed E-state index contributed by atoms with van der Waals surface area (Å²) in [6.45, 7) is 4.14. The average molecular weight is 214 g/mol. The van der Waals surface area contributed by atoms with Crippen LogP contribution in [-0.2, 0) is 0 Å². The van der Waals surface area contributed by atoms with Gasteiger partial charge in [0.1, 0.15) is 5.76 Å². The first-order valence-electron chi connectivity index (χ1n) is 4.63. The lowest BCUT2D eigenvalue weighted by molar-refractivity contribution is 0.0660. The zero-order valence-electron chi connectivity index (χ0n) is 8.32. The van der Waals surface area contributed by atoms with Gasteiger partial charge in [-0.25, -0.2) is 4.79 Å². The van der Waals surface area contributed by atoms with E-state index in [9.17, 15) is 4.79 Å². The first-order valence-corrected chi connectivity index (χ1v) is 5.68. The van der Waals surface area contributed by atoms with E-state index >= 15 is 0 Å². The molecule has 0 aliphatic carbocycles. The highest BCUT2D eigenvalue weighted by Crippen LogP contribution is 2.32. The van der Waals surface area contributed by atoms with Gasteiger partial charge in [-0.05, 0) is 24.3 Å². The molecule has 1 aromatic rings. The van der Waals surface area contributed by atoms with Crippen molar-refractivity contribution in [2.75, 3.05) is 5.75 Å². The number of furan rings is 1. The van der Waals surface area contributed by atoms with E-state index in [2.05, 4.69) is 13.8 Å². The Bertz CT molecular complexity index is 306. The Kier molecular flexibility index (Phi) is 4.07. The van der Waals surface area contributed by atoms with Gasteiger partial charge in [0.05, 0.1) is 5.25 Å². The maximum Gasteiger partial charge on any atom is 0.371 e. The summed E-state index contributed by atoms with van der Waals surface area (Å²) in [6.07, 6.45) is 0.949. The molecule has 0 saturated carbocycles. The Morgan fingerprint density at radius 3 is 2.71 bits per heavy atom. The van der Waals surface area contributed by atoms with Crippen molar-refractivity contribution in [3.63, 3.8) is 0 Å². The molecule has 0 amide bonds. The molecule has 1 rings (SSSR count). The van der Waals surface area contributed by atoms with Gasteiger partial charge in [0, 0.05) is 0 Å². The highest BCUT2D eigenvalue weighted by atomic mass is 32.2. The molecule has 0 radical (unpaired) electrons. The molecule has 0 aromatic carbocycles. The van der Waals surface area contributed by atoms with Crippen molar-refractivity contribution < 1.29 is 14.3 Å². The van der Waals surface area contributed by atoms with Crippen molar-refractivity contribution in [1.82, 2.24) is 0 Å². The number of rotatable bonds is 5. The number of carbonyl (C=O) groups is 1. The first kappa shape index (κ1) is 11.2. The highest BCUT2D eigenvalue weighted by Gasteiger charge is 2.15. The van der Waals surface area contributed by atoms with Crippen LogP contribution in [0.5, 0.6) is 0 Å². The molecule has 0 saturated heterocycles. The van der Waals surface area contributed by atoms with Crippen molar-refractivity contribution >= 4 is 17.7 Å². The van der Waals surface area contributed by atoms with Crippen molar-refractivity contribution in [3.8, 4) is 0 Å². The molecular weight excluding hydrogens is 200 g/mol. The van der Waals surface area contributed by atoms with Gasteiger partial charge in [-0.2, -0.15) is 11.8 Å². The van der Waals surface area contributed by atoms with Crippen molar-refractivity contribution in [2.45, 2.75) is 25.5 Å². The van der Waals surface area contributed by atoms with Crippen LogP contribution in [0.1, 0.15) is 41.8 Å². The van der Waals surface area contributed by atoms with E-state index in [1.807, 2.05) is 0 Å². The van der Waals surface area contributed by atoms with Crippen LogP contribution >= 0.6 is 11.8 Å². The summed E-state index contributed by atoms with van der Waals surface area (Å²) < 4.78 is 5.23. The minimum Gasteiger partial charge on any atom is -0.475 e. The summed E-state index contributed by atoms with van der Waals surface area (Å²) in [6, 6.07) is 3.26. The van der Waals surface area contributed by atoms with Crippen LogP contribution in [0.2, 0.25) is 0 Å². The van der Waals surface area contributed by atoms with Crippen LogP contribution in [0.3, 0.4) is 0 Å². The van der Waals surface area contributed by atoms with Gasteiger partial charge >= 0.3 is 5.97 Å². The van der Waals surface area contributed by atoms with E-state index in [4.69, 9.17) is 9.52 Å². The number of carboxylic acid groups (broad SMARTS) is 1. The van der Waals surface area contributed by atoms with Crippen LogP contribution in [0.15, 0.2) is 16.5 Å². The molecule has 1 aromatic heterocycles. The third kappa shape index (κ3) is 2.54. The molecule has 0 unspecified atom stereocenters. The predicted molar refractivity (Wildman–Crippen MR) is 56.8 cm³/mol. The molecule has 0 spiro atoms. The molecule has 1 heterocycles. The standard InChI is InChI=1S/C10H14O3S/c1-3-9(14-4-2)7-5-6-8(13-7)10(11)12/h5-6,9H,3-4H2,1-2H3,(H,11,12)/t9-/m0/s1. The molecular formula is C10H14O3S.